The highest BCUT2D eigenvalue weighted by Crippen LogP contribution is 2.38. The molecule has 0 radical (unpaired) electrons. The molecular weight excluding hydrogens is 358 g/mol. The highest BCUT2D eigenvalue weighted by Gasteiger charge is 2.40. The molecule has 0 saturated carbocycles. The first-order valence-electron chi connectivity index (χ1n) is 9.35. The molecule has 1 N–H and O–H groups in total. The fourth-order valence-corrected chi connectivity index (χ4v) is 5.70. The van der Waals surface area contributed by atoms with Crippen molar-refractivity contribution >= 4 is 9.84 Å². The quantitative estimate of drug-likeness (QED) is 0.781. The fraction of sp³-hybridized carbons (Fsp3) is 0.364. The van der Waals surface area contributed by atoms with Crippen LogP contribution >= 0.6 is 0 Å². The first-order chi connectivity index (χ1) is 12.9. The zero-order valence-electron chi connectivity index (χ0n) is 16.1. The Morgan fingerprint density at radius 2 is 1.93 bits per heavy atom. The third-order valence-electron chi connectivity index (χ3n) is 5.18. The summed E-state index contributed by atoms with van der Waals surface area (Å²) in [7, 11) is -1.94. The number of fused-ring (bicyclic) bond motifs is 1. The van der Waals surface area contributed by atoms with Crippen molar-refractivity contribution in [2.75, 3.05) is 12.9 Å². The summed E-state index contributed by atoms with van der Waals surface area (Å²) >= 11 is 0. The van der Waals surface area contributed by atoms with E-state index in [1.165, 1.54) is 0 Å². The van der Waals surface area contributed by atoms with E-state index in [1.54, 1.807) is 13.2 Å². The zero-order valence-corrected chi connectivity index (χ0v) is 16.9. The average molecular weight is 386 g/mol. The first-order valence-corrected chi connectivity index (χ1v) is 11.0. The van der Waals surface area contributed by atoms with Crippen LogP contribution in [0, 0.1) is 0 Å². The van der Waals surface area contributed by atoms with E-state index < -0.39 is 15.4 Å². The Morgan fingerprint density at radius 3 is 2.56 bits per heavy atom. The van der Waals surface area contributed by atoms with Crippen molar-refractivity contribution < 1.29 is 13.2 Å². The summed E-state index contributed by atoms with van der Waals surface area (Å²) in [5.74, 6) is 0.577. The number of methoxy groups -OCH3 is 1. The summed E-state index contributed by atoms with van der Waals surface area (Å²) in [6.07, 6.45) is 5.62. The molecule has 3 rings (SSSR count). The molecule has 2 unspecified atom stereocenters. The van der Waals surface area contributed by atoms with Crippen molar-refractivity contribution in [2.24, 2.45) is 0 Å². The van der Waals surface area contributed by atoms with E-state index in [4.69, 9.17) is 4.74 Å². The predicted octanol–water partition coefficient (Wildman–Crippen LogP) is 4.28. The molecule has 27 heavy (non-hydrogen) atoms. The van der Waals surface area contributed by atoms with E-state index in [2.05, 4.69) is 12.2 Å². The van der Waals surface area contributed by atoms with Gasteiger partial charge in [0.1, 0.15) is 5.75 Å². The maximum atomic E-state index is 13.3. The van der Waals surface area contributed by atoms with Crippen LogP contribution in [0.1, 0.15) is 43.9 Å². The minimum Gasteiger partial charge on any atom is -0.497 e. The van der Waals surface area contributed by atoms with Crippen LogP contribution in [-0.2, 0) is 9.84 Å². The van der Waals surface area contributed by atoms with Crippen molar-refractivity contribution in [3.8, 4) is 5.75 Å². The van der Waals surface area contributed by atoms with Gasteiger partial charge in [0.2, 0.25) is 0 Å². The van der Waals surface area contributed by atoms with Crippen LogP contribution in [0.3, 0.4) is 0 Å². The molecule has 144 valence electrons. The number of benzene rings is 2. The van der Waals surface area contributed by atoms with Crippen molar-refractivity contribution in [3.63, 3.8) is 0 Å². The molecule has 1 aliphatic rings. The van der Waals surface area contributed by atoms with Crippen LogP contribution in [0.4, 0.5) is 0 Å². The van der Waals surface area contributed by atoms with E-state index in [0.29, 0.717) is 17.1 Å². The fourth-order valence-electron chi connectivity index (χ4n) is 3.64. The lowest BCUT2D eigenvalue weighted by molar-refractivity contribution is 0.393. The van der Waals surface area contributed by atoms with E-state index in [-0.39, 0.29) is 11.8 Å². The van der Waals surface area contributed by atoms with Crippen LogP contribution in [0.5, 0.6) is 5.75 Å². The second-order valence-corrected chi connectivity index (χ2v) is 8.93. The molecule has 5 heteroatoms. The van der Waals surface area contributed by atoms with Crippen LogP contribution in [0.25, 0.3) is 0 Å². The Kier molecular flexibility index (Phi) is 5.72. The second-order valence-electron chi connectivity index (χ2n) is 6.97. The van der Waals surface area contributed by atoms with Gasteiger partial charge in [0.05, 0.1) is 29.3 Å². The third kappa shape index (κ3) is 3.94. The Hall–Kier alpha value is -2.11. The van der Waals surface area contributed by atoms with Gasteiger partial charge in [-0.15, -0.1) is 0 Å². The molecule has 1 aliphatic heterocycles. The third-order valence-corrected chi connectivity index (χ3v) is 7.10. The van der Waals surface area contributed by atoms with Gasteiger partial charge in [-0.1, -0.05) is 62.4 Å². The standard InChI is InChI=1S/C22H27NO3S/c1-4-6-14-22(5-2)16-27(24,25)20-15-18(26-3)12-13-19(20)21(23-22)17-10-8-7-9-11-17/h6-15,21,23H,4-5,16H2,1-3H3. The lowest BCUT2D eigenvalue weighted by Crippen LogP contribution is -2.48. The topological polar surface area (TPSA) is 55.4 Å². The number of ether oxygens (including phenoxy) is 1. The summed E-state index contributed by atoms with van der Waals surface area (Å²) < 4.78 is 32.0. The zero-order chi connectivity index (χ0) is 19.5. The molecule has 2 aromatic carbocycles. The number of sulfone groups is 1. The Balaban J connectivity index is 2.25. The largest absolute Gasteiger partial charge is 0.497 e. The number of rotatable bonds is 5. The second kappa shape index (κ2) is 7.87. The SMILES string of the molecule is CCC=CC1(CC)CS(=O)(=O)c2cc(OC)ccc2C(c2ccccc2)N1. The number of hydrogen-bond donors (Lipinski definition) is 1. The van der Waals surface area contributed by atoms with Crippen molar-refractivity contribution in [1.29, 1.82) is 0 Å². The highest BCUT2D eigenvalue weighted by molar-refractivity contribution is 7.91. The van der Waals surface area contributed by atoms with Crippen molar-refractivity contribution in [3.05, 3.63) is 71.8 Å². The van der Waals surface area contributed by atoms with Gasteiger partial charge in [-0.3, -0.25) is 5.32 Å². The highest BCUT2D eigenvalue weighted by atomic mass is 32.2. The Morgan fingerprint density at radius 1 is 1.19 bits per heavy atom. The summed E-state index contributed by atoms with van der Waals surface area (Å²) in [5.41, 5.74) is 1.19. The van der Waals surface area contributed by atoms with E-state index in [1.807, 2.05) is 61.5 Å². The van der Waals surface area contributed by atoms with Gasteiger partial charge in [0.15, 0.2) is 9.84 Å². The summed E-state index contributed by atoms with van der Waals surface area (Å²) in [4.78, 5) is 0.350. The molecule has 0 aromatic heterocycles. The monoisotopic (exact) mass is 385 g/mol. The summed E-state index contributed by atoms with van der Waals surface area (Å²) in [6.45, 7) is 4.08. The van der Waals surface area contributed by atoms with Crippen LogP contribution in [0.2, 0.25) is 0 Å². The first kappa shape index (κ1) is 19.6. The number of allylic oxidation sites excluding steroid dienone is 1. The maximum absolute atomic E-state index is 13.3. The molecule has 2 atom stereocenters. The normalized spacial score (nSPS) is 24.3. The lowest BCUT2D eigenvalue weighted by atomic mass is 9.91. The van der Waals surface area contributed by atoms with Crippen molar-refractivity contribution in [1.82, 2.24) is 5.32 Å². The van der Waals surface area contributed by atoms with Crippen LogP contribution in [0.15, 0.2) is 65.6 Å². The molecule has 0 spiro atoms. The summed E-state index contributed by atoms with van der Waals surface area (Å²) in [6, 6.07) is 15.1. The van der Waals surface area contributed by atoms with Gasteiger partial charge in [-0.2, -0.15) is 0 Å². The van der Waals surface area contributed by atoms with Gasteiger partial charge in [-0.05, 0) is 36.1 Å². The van der Waals surface area contributed by atoms with E-state index >= 15 is 0 Å². The maximum Gasteiger partial charge on any atom is 0.180 e. The van der Waals surface area contributed by atoms with E-state index in [0.717, 1.165) is 17.5 Å². The van der Waals surface area contributed by atoms with Gasteiger partial charge in [-0.25, -0.2) is 8.42 Å². The number of nitrogens with one attached hydrogen (secondary N) is 1. The van der Waals surface area contributed by atoms with E-state index in [9.17, 15) is 8.42 Å². The van der Waals surface area contributed by atoms with Gasteiger partial charge in [0.25, 0.3) is 0 Å². The minimum atomic E-state index is -3.50. The summed E-state index contributed by atoms with van der Waals surface area (Å²) in [5, 5.41) is 3.67. The molecule has 1 heterocycles. The van der Waals surface area contributed by atoms with Crippen LogP contribution < -0.4 is 10.1 Å². The van der Waals surface area contributed by atoms with Gasteiger partial charge in [0, 0.05) is 0 Å². The molecule has 0 bridgehead atoms. The lowest BCUT2D eigenvalue weighted by Gasteiger charge is -2.33. The minimum absolute atomic E-state index is 0.0243. The van der Waals surface area contributed by atoms with Crippen LogP contribution in [-0.4, -0.2) is 26.8 Å². The smallest absolute Gasteiger partial charge is 0.180 e. The molecule has 0 amide bonds. The Labute approximate surface area is 162 Å². The van der Waals surface area contributed by atoms with Crippen molar-refractivity contribution in [2.45, 2.75) is 43.2 Å². The predicted molar refractivity (Wildman–Crippen MR) is 109 cm³/mol. The Bertz CT molecular complexity index is 922. The average Bonchev–Trinajstić information content (AvgIpc) is 2.79. The van der Waals surface area contributed by atoms with Gasteiger partial charge < -0.3 is 4.74 Å². The molecule has 0 fully saturated rings. The molecule has 0 saturated heterocycles. The molecule has 0 aliphatic carbocycles. The molecular formula is C22H27NO3S. The number of hydrogen-bond acceptors (Lipinski definition) is 4. The van der Waals surface area contributed by atoms with Gasteiger partial charge >= 0.3 is 0 Å². The molecule has 2 aromatic rings. The molecule has 4 nitrogen and oxygen atoms in total.